The van der Waals surface area contributed by atoms with Crippen LogP contribution in [0.2, 0.25) is 0 Å². The van der Waals surface area contributed by atoms with Crippen molar-refractivity contribution in [3.05, 3.63) is 46.8 Å². The average Bonchev–Trinajstić information content (AvgIpc) is 2.70. The normalized spacial score (nSPS) is 11.8. The lowest BCUT2D eigenvalue weighted by atomic mass is 9.98. The van der Waals surface area contributed by atoms with Crippen LogP contribution in [0, 0.1) is 11.6 Å². The number of halogens is 2. The number of benzene rings is 1. The van der Waals surface area contributed by atoms with Gasteiger partial charge in [0, 0.05) is 10.4 Å². The summed E-state index contributed by atoms with van der Waals surface area (Å²) in [5.41, 5.74) is 7.21. The zero-order valence-corrected chi connectivity index (χ0v) is 10.4. The number of hydrogen-bond acceptors (Lipinski definition) is 2. The largest absolute Gasteiger partial charge is 0.322 e. The molecule has 0 unspecified atom stereocenters. The second-order valence-electron chi connectivity index (χ2n) is 4.55. The molecule has 0 saturated carbocycles. The summed E-state index contributed by atoms with van der Waals surface area (Å²) < 4.78 is 25.9. The van der Waals surface area contributed by atoms with Crippen LogP contribution in [0.4, 0.5) is 8.78 Å². The van der Waals surface area contributed by atoms with Crippen molar-refractivity contribution in [2.45, 2.75) is 19.4 Å². The summed E-state index contributed by atoms with van der Waals surface area (Å²) in [5.74, 6) is -1.66. The molecule has 2 aromatic rings. The van der Waals surface area contributed by atoms with Crippen molar-refractivity contribution in [3.8, 4) is 10.4 Å². The molecule has 1 aromatic heterocycles. The highest BCUT2D eigenvalue weighted by atomic mass is 32.1. The minimum Gasteiger partial charge on any atom is -0.322 e. The van der Waals surface area contributed by atoms with Gasteiger partial charge in [0.1, 0.15) is 0 Å². The molecule has 2 N–H and O–H groups in total. The van der Waals surface area contributed by atoms with Crippen molar-refractivity contribution in [3.63, 3.8) is 0 Å². The van der Waals surface area contributed by atoms with E-state index in [1.165, 1.54) is 17.4 Å². The van der Waals surface area contributed by atoms with Crippen LogP contribution in [-0.4, -0.2) is 0 Å². The van der Waals surface area contributed by atoms with E-state index in [-0.39, 0.29) is 0 Å². The number of rotatable bonds is 2. The molecule has 1 aromatic carbocycles. The lowest BCUT2D eigenvalue weighted by Crippen LogP contribution is -2.27. The Morgan fingerprint density at radius 2 is 1.82 bits per heavy atom. The minimum atomic E-state index is -0.829. The smallest absolute Gasteiger partial charge is 0.159 e. The van der Waals surface area contributed by atoms with Gasteiger partial charge in [0.15, 0.2) is 11.6 Å². The maximum absolute atomic E-state index is 13.1. The molecule has 2 rings (SSSR count). The number of nitrogens with two attached hydrogens (primary N) is 1. The predicted octanol–water partition coefficient (Wildman–Crippen LogP) is 3.89. The summed E-state index contributed by atoms with van der Waals surface area (Å²) in [6, 6.07) is 5.82. The lowest BCUT2D eigenvalue weighted by Gasteiger charge is -2.16. The second kappa shape index (κ2) is 4.20. The maximum atomic E-state index is 13.1. The van der Waals surface area contributed by atoms with Crippen molar-refractivity contribution in [2.75, 3.05) is 0 Å². The summed E-state index contributed by atoms with van der Waals surface area (Å²) in [5, 5.41) is 1.94. The molecule has 1 nitrogen and oxygen atoms in total. The van der Waals surface area contributed by atoms with Crippen LogP contribution in [0.1, 0.15) is 19.4 Å². The Balaban J connectivity index is 2.40. The molecule has 4 heteroatoms. The van der Waals surface area contributed by atoms with Crippen LogP contribution in [0.25, 0.3) is 10.4 Å². The fourth-order valence-corrected chi connectivity index (χ4v) is 2.56. The van der Waals surface area contributed by atoms with Gasteiger partial charge in [0.05, 0.1) is 0 Å². The Morgan fingerprint density at radius 3 is 2.35 bits per heavy atom. The van der Waals surface area contributed by atoms with E-state index in [1.807, 2.05) is 25.3 Å². The molecule has 1 heterocycles. The van der Waals surface area contributed by atoms with Gasteiger partial charge < -0.3 is 5.73 Å². The second-order valence-corrected chi connectivity index (χ2v) is 5.46. The highest BCUT2D eigenvalue weighted by molar-refractivity contribution is 7.13. The molecule has 90 valence electrons. The molecule has 0 atom stereocenters. The summed E-state index contributed by atoms with van der Waals surface area (Å²) in [6.45, 7) is 3.81. The van der Waals surface area contributed by atoms with Gasteiger partial charge in [0.2, 0.25) is 0 Å². The van der Waals surface area contributed by atoms with Gasteiger partial charge >= 0.3 is 0 Å². The van der Waals surface area contributed by atoms with Crippen LogP contribution >= 0.6 is 11.3 Å². The Hall–Kier alpha value is -1.26. The predicted molar refractivity (Wildman–Crippen MR) is 66.9 cm³/mol. The molecule has 0 aliphatic heterocycles. The Bertz CT molecular complexity index is 541. The molecule has 0 fully saturated rings. The van der Waals surface area contributed by atoms with Gasteiger partial charge in [-0.1, -0.05) is 6.07 Å². The molecule has 0 spiro atoms. The van der Waals surface area contributed by atoms with Crippen molar-refractivity contribution >= 4 is 11.3 Å². The fourth-order valence-electron chi connectivity index (χ4n) is 1.47. The Kier molecular flexibility index (Phi) is 3.02. The van der Waals surface area contributed by atoms with Crippen molar-refractivity contribution < 1.29 is 8.78 Å². The van der Waals surface area contributed by atoms with E-state index in [2.05, 4.69) is 0 Å². The highest BCUT2D eigenvalue weighted by Gasteiger charge is 2.16. The zero-order valence-electron chi connectivity index (χ0n) is 9.63. The topological polar surface area (TPSA) is 26.0 Å². The van der Waals surface area contributed by atoms with E-state index < -0.39 is 17.2 Å². The first kappa shape index (κ1) is 12.2. The van der Waals surface area contributed by atoms with Crippen LogP contribution < -0.4 is 5.73 Å². The van der Waals surface area contributed by atoms with Crippen LogP contribution in [-0.2, 0) is 5.54 Å². The minimum absolute atomic E-state index is 0.423. The molecule has 0 amide bonds. The highest BCUT2D eigenvalue weighted by Crippen LogP contribution is 2.31. The molecule has 0 bridgehead atoms. The summed E-state index contributed by atoms with van der Waals surface area (Å²) >= 11 is 1.47. The van der Waals surface area contributed by atoms with Crippen molar-refractivity contribution in [1.82, 2.24) is 0 Å². The van der Waals surface area contributed by atoms with Crippen LogP contribution in [0.15, 0.2) is 29.6 Å². The van der Waals surface area contributed by atoms with Gasteiger partial charge in [-0.05, 0) is 48.6 Å². The van der Waals surface area contributed by atoms with E-state index in [0.29, 0.717) is 5.56 Å². The average molecular weight is 253 g/mol. The van der Waals surface area contributed by atoms with Crippen molar-refractivity contribution in [2.24, 2.45) is 5.73 Å². The first-order valence-electron chi connectivity index (χ1n) is 5.21. The molecule has 0 aliphatic rings. The molecule has 0 aliphatic carbocycles. The third-order valence-corrected chi connectivity index (χ3v) is 3.53. The van der Waals surface area contributed by atoms with Crippen LogP contribution in [0.5, 0.6) is 0 Å². The molecule has 17 heavy (non-hydrogen) atoms. The summed E-state index contributed by atoms with van der Waals surface area (Å²) in [6.07, 6.45) is 0. The summed E-state index contributed by atoms with van der Waals surface area (Å²) in [7, 11) is 0. The molecule has 0 saturated heterocycles. The third-order valence-electron chi connectivity index (χ3n) is 2.55. The number of hydrogen-bond donors (Lipinski definition) is 1. The van der Waals surface area contributed by atoms with Crippen molar-refractivity contribution in [1.29, 1.82) is 0 Å². The quantitative estimate of drug-likeness (QED) is 0.863. The van der Waals surface area contributed by atoms with Gasteiger partial charge in [-0.3, -0.25) is 0 Å². The zero-order chi connectivity index (χ0) is 12.6. The molecular weight excluding hydrogens is 240 g/mol. The van der Waals surface area contributed by atoms with Gasteiger partial charge in [0.25, 0.3) is 0 Å². The lowest BCUT2D eigenvalue weighted by molar-refractivity contribution is 0.509. The van der Waals surface area contributed by atoms with E-state index in [9.17, 15) is 8.78 Å². The first-order valence-corrected chi connectivity index (χ1v) is 6.09. The third kappa shape index (κ3) is 2.53. The van der Waals surface area contributed by atoms with E-state index in [0.717, 1.165) is 16.5 Å². The Morgan fingerprint density at radius 1 is 1.12 bits per heavy atom. The van der Waals surface area contributed by atoms with E-state index in [1.54, 1.807) is 6.07 Å². The Labute approximate surface area is 103 Å². The van der Waals surface area contributed by atoms with Gasteiger partial charge in [-0.25, -0.2) is 8.78 Å². The van der Waals surface area contributed by atoms with E-state index >= 15 is 0 Å². The van der Waals surface area contributed by atoms with Crippen LogP contribution in [0.3, 0.4) is 0 Å². The standard InChI is InChI=1S/C13H13F2NS/c1-13(2,16)9-6-12(17-7-9)8-3-4-10(14)11(15)5-8/h3-7H,16H2,1-2H3. The fraction of sp³-hybridized carbons (Fsp3) is 0.231. The monoisotopic (exact) mass is 253 g/mol. The van der Waals surface area contributed by atoms with Gasteiger partial charge in [-0.2, -0.15) is 0 Å². The first-order chi connectivity index (χ1) is 7.88. The SMILES string of the molecule is CC(C)(N)c1csc(-c2ccc(F)c(F)c2)c1. The number of thiophene rings is 1. The maximum Gasteiger partial charge on any atom is 0.159 e. The molecule has 0 radical (unpaired) electrons. The molecular formula is C13H13F2NS. The van der Waals surface area contributed by atoms with E-state index in [4.69, 9.17) is 5.73 Å². The van der Waals surface area contributed by atoms with Gasteiger partial charge in [-0.15, -0.1) is 11.3 Å². The summed E-state index contributed by atoms with van der Waals surface area (Å²) in [4.78, 5) is 0.887.